The van der Waals surface area contributed by atoms with Gasteiger partial charge < -0.3 is 4.90 Å². The third kappa shape index (κ3) is 5.44. The van der Waals surface area contributed by atoms with Crippen molar-refractivity contribution < 1.29 is 4.39 Å². The van der Waals surface area contributed by atoms with Gasteiger partial charge in [-0.05, 0) is 146 Å². The molecule has 0 saturated heterocycles. The van der Waals surface area contributed by atoms with Gasteiger partial charge in [0, 0.05) is 33.5 Å². The van der Waals surface area contributed by atoms with E-state index in [1.54, 1.807) is 12.1 Å². The van der Waals surface area contributed by atoms with E-state index < -0.39 is 16.4 Å². The number of hydrogen-bond donors (Lipinski definition) is 0. The molecular formula is C63H52FN. The van der Waals surface area contributed by atoms with Crippen molar-refractivity contribution in [2.75, 3.05) is 4.90 Å². The van der Waals surface area contributed by atoms with Crippen LogP contribution in [0.5, 0.6) is 0 Å². The highest BCUT2D eigenvalue weighted by Crippen LogP contribution is 2.71. The molecule has 4 atom stereocenters. The van der Waals surface area contributed by atoms with Crippen LogP contribution in [0, 0.1) is 11.7 Å². The molecule has 1 heterocycles. The molecule has 65 heavy (non-hydrogen) atoms. The Kier molecular flexibility index (Phi) is 8.51. The fraction of sp³-hybridized carbons (Fsp3) is 0.175. The number of halogens is 1. The van der Waals surface area contributed by atoms with Crippen LogP contribution < -0.4 is 4.90 Å². The van der Waals surface area contributed by atoms with Crippen molar-refractivity contribution in [3.63, 3.8) is 0 Å². The summed E-state index contributed by atoms with van der Waals surface area (Å²) < 4.78 is 14.5. The number of hydrogen-bond acceptors (Lipinski definition) is 1. The first-order valence-electron chi connectivity index (χ1n) is 23.2. The van der Waals surface area contributed by atoms with E-state index in [1.807, 2.05) is 12.1 Å². The average molecular weight is 842 g/mol. The fourth-order valence-corrected chi connectivity index (χ4v) is 13.3. The number of rotatable bonds is 5. The molecule has 1 nitrogen and oxygen atoms in total. The highest BCUT2D eigenvalue weighted by molar-refractivity contribution is 6.02. The molecule has 0 bridgehead atoms. The second-order valence-electron chi connectivity index (χ2n) is 19.8. The molecule has 3 aliphatic carbocycles. The smallest absolute Gasteiger partial charge is 0.123 e. The molecule has 2 heteroatoms. The third-order valence-corrected chi connectivity index (χ3v) is 15.9. The minimum atomic E-state index is -0.583. The largest absolute Gasteiger partial charge is 0.328 e. The van der Waals surface area contributed by atoms with Crippen LogP contribution in [0.15, 0.2) is 217 Å². The van der Waals surface area contributed by atoms with Gasteiger partial charge in [0.25, 0.3) is 0 Å². The van der Waals surface area contributed by atoms with Crippen LogP contribution >= 0.6 is 0 Å². The zero-order chi connectivity index (χ0) is 44.5. The third-order valence-electron chi connectivity index (χ3n) is 15.9. The standard InChI is InChI=1S/C63H52FN/c1-40-56-58(50-25-13-14-27-51(50)60(56,2)3)63(6)52-28-15-16-30-54(52)65(48-38-45(41-19-9-7-10-20-41)37-46(39-48)42-21-11-8-12-22-42)62(5)36-35-61(4,57(40)59(62)63)53-29-18-24-44-23-17-26-49(55(44)53)43-31-33-47(64)34-32-43/h7-40H,1-6H3. The van der Waals surface area contributed by atoms with Crippen molar-refractivity contribution in [2.45, 2.75) is 63.3 Å². The second-order valence-corrected chi connectivity index (χ2v) is 19.8. The maximum Gasteiger partial charge on any atom is 0.123 e. The monoisotopic (exact) mass is 841 g/mol. The van der Waals surface area contributed by atoms with Crippen molar-refractivity contribution in [3.05, 3.63) is 245 Å². The zero-order valence-electron chi connectivity index (χ0n) is 38.0. The van der Waals surface area contributed by atoms with Gasteiger partial charge in [0.1, 0.15) is 5.82 Å². The Morgan fingerprint density at radius 2 is 1.05 bits per heavy atom. The number of benzene rings is 8. The van der Waals surface area contributed by atoms with Crippen molar-refractivity contribution in [1.82, 2.24) is 0 Å². The maximum absolute atomic E-state index is 14.5. The van der Waals surface area contributed by atoms with Gasteiger partial charge in [-0.1, -0.05) is 185 Å². The van der Waals surface area contributed by atoms with Gasteiger partial charge in [-0.25, -0.2) is 4.39 Å². The Labute approximate surface area is 382 Å². The van der Waals surface area contributed by atoms with Crippen LogP contribution in [-0.2, 0) is 16.2 Å². The lowest BCUT2D eigenvalue weighted by atomic mass is 9.47. The topological polar surface area (TPSA) is 3.24 Å². The van der Waals surface area contributed by atoms with Gasteiger partial charge in [-0.3, -0.25) is 0 Å². The number of nitrogens with zero attached hydrogens (tertiary/aromatic N) is 1. The number of fused-ring (bicyclic) bond motifs is 6. The molecular weight excluding hydrogens is 790 g/mol. The first-order valence-corrected chi connectivity index (χ1v) is 23.2. The second kappa shape index (κ2) is 14.0. The summed E-state index contributed by atoms with van der Waals surface area (Å²) in [6, 6.07) is 67.8. The van der Waals surface area contributed by atoms with E-state index >= 15 is 0 Å². The molecule has 0 fully saturated rings. The summed E-state index contributed by atoms with van der Waals surface area (Å²) in [5, 5.41) is 2.39. The summed E-state index contributed by atoms with van der Waals surface area (Å²) >= 11 is 0. The highest BCUT2D eigenvalue weighted by Gasteiger charge is 2.63. The lowest BCUT2D eigenvalue weighted by Gasteiger charge is -2.62. The predicted molar refractivity (Wildman–Crippen MR) is 270 cm³/mol. The Balaban J connectivity index is 1.20. The van der Waals surface area contributed by atoms with Crippen LogP contribution in [0.4, 0.5) is 15.8 Å². The van der Waals surface area contributed by atoms with E-state index in [0.717, 1.165) is 16.8 Å². The molecule has 0 radical (unpaired) electrons. The van der Waals surface area contributed by atoms with Crippen molar-refractivity contribution >= 4 is 27.7 Å². The van der Waals surface area contributed by atoms with E-state index in [2.05, 4.69) is 222 Å². The number of anilines is 2. The molecule has 1 aliphatic heterocycles. The quantitative estimate of drug-likeness (QED) is 0.156. The zero-order valence-corrected chi connectivity index (χ0v) is 38.0. The predicted octanol–water partition coefficient (Wildman–Crippen LogP) is 16.4. The lowest BCUT2D eigenvalue weighted by Crippen LogP contribution is -2.59. The Morgan fingerprint density at radius 3 is 1.72 bits per heavy atom. The minimum absolute atomic E-state index is 0.0978. The number of para-hydroxylation sites is 1. The van der Waals surface area contributed by atoms with Gasteiger partial charge in [0.2, 0.25) is 0 Å². The van der Waals surface area contributed by atoms with Crippen molar-refractivity contribution in [1.29, 1.82) is 0 Å². The Morgan fingerprint density at radius 1 is 0.477 bits per heavy atom. The van der Waals surface area contributed by atoms with Crippen LogP contribution in [0.2, 0.25) is 0 Å². The molecule has 12 rings (SSSR count). The molecule has 0 saturated carbocycles. The van der Waals surface area contributed by atoms with Crippen LogP contribution in [0.25, 0.3) is 49.7 Å². The summed E-state index contributed by atoms with van der Waals surface area (Å²) in [4.78, 5) is 2.67. The molecule has 4 unspecified atom stereocenters. The van der Waals surface area contributed by atoms with Crippen LogP contribution in [0.1, 0.15) is 63.8 Å². The van der Waals surface area contributed by atoms with Crippen LogP contribution in [0.3, 0.4) is 0 Å². The SMILES string of the molecule is CC1C2=C(c3ccccc3C2(C)C)C2(C)C3=C1C(C)(c1cccc4cccc(-c5ccc(F)cc5)c14)C=CC3(C)N(c1cc(-c3ccccc3)cc(-c3ccccc3)c1)c1ccccc12. The molecule has 0 spiro atoms. The van der Waals surface area contributed by atoms with Gasteiger partial charge in [-0.2, -0.15) is 0 Å². The van der Waals surface area contributed by atoms with Crippen molar-refractivity contribution in [3.8, 4) is 33.4 Å². The summed E-state index contributed by atoms with van der Waals surface area (Å²) in [5.74, 6) is -0.129. The lowest BCUT2D eigenvalue weighted by molar-refractivity contribution is 0.425. The summed E-state index contributed by atoms with van der Waals surface area (Å²) in [5.41, 5.74) is 18.8. The van der Waals surface area contributed by atoms with Crippen molar-refractivity contribution in [2.24, 2.45) is 5.92 Å². The van der Waals surface area contributed by atoms with Gasteiger partial charge in [-0.15, -0.1) is 0 Å². The maximum atomic E-state index is 14.5. The van der Waals surface area contributed by atoms with E-state index in [0.29, 0.717) is 0 Å². The minimum Gasteiger partial charge on any atom is -0.328 e. The fourth-order valence-electron chi connectivity index (χ4n) is 13.3. The first kappa shape index (κ1) is 39.6. The van der Waals surface area contributed by atoms with Crippen LogP contribution in [-0.4, -0.2) is 5.54 Å². The molecule has 316 valence electrons. The van der Waals surface area contributed by atoms with E-state index in [-0.39, 0.29) is 17.2 Å². The summed E-state index contributed by atoms with van der Waals surface area (Å²) in [6.45, 7) is 14.9. The summed E-state index contributed by atoms with van der Waals surface area (Å²) in [6.07, 6.45) is 5.11. The molecule has 8 aromatic carbocycles. The molecule has 0 aromatic heterocycles. The molecule has 0 N–H and O–H groups in total. The highest BCUT2D eigenvalue weighted by atomic mass is 19.1. The Hall–Kier alpha value is -7.03. The normalized spacial score (nSPS) is 23.6. The van der Waals surface area contributed by atoms with E-state index in [1.165, 1.54) is 83.3 Å². The Bertz CT molecular complexity index is 3290. The first-order chi connectivity index (χ1) is 31.4. The summed E-state index contributed by atoms with van der Waals surface area (Å²) in [7, 11) is 0. The molecule has 0 amide bonds. The van der Waals surface area contributed by atoms with Gasteiger partial charge in [0.05, 0.1) is 5.54 Å². The molecule has 4 aliphatic rings. The average Bonchev–Trinajstić information content (AvgIpc) is 3.59. The van der Waals surface area contributed by atoms with Gasteiger partial charge in [0.15, 0.2) is 0 Å². The number of allylic oxidation sites excluding steroid dienone is 4. The van der Waals surface area contributed by atoms with E-state index in [9.17, 15) is 4.39 Å². The molecule has 8 aromatic rings. The van der Waals surface area contributed by atoms with E-state index in [4.69, 9.17) is 0 Å². The van der Waals surface area contributed by atoms with Gasteiger partial charge >= 0.3 is 0 Å².